The molecule has 2 heterocycles. The molecular weight excluding hydrogens is 188 g/mol. The van der Waals surface area contributed by atoms with E-state index in [1.807, 2.05) is 0 Å². The summed E-state index contributed by atoms with van der Waals surface area (Å²) in [6, 6.07) is 0. The van der Waals surface area contributed by atoms with Gasteiger partial charge in [-0.3, -0.25) is 23.9 Å². The van der Waals surface area contributed by atoms with Gasteiger partial charge < -0.3 is 0 Å². The average molecular weight is 199 g/mol. The number of fused-ring (bicyclic) bond motifs is 1. The van der Waals surface area contributed by atoms with Gasteiger partial charge in [-0.2, -0.15) is 0 Å². The fourth-order valence-electron chi connectivity index (χ4n) is 1.22. The first kappa shape index (κ1) is 5.63. The third-order valence-corrected chi connectivity index (χ3v) is 1.94. The van der Waals surface area contributed by atoms with Crippen LogP contribution >= 0.6 is 0 Å². The van der Waals surface area contributed by atoms with Crippen molar-refractivity contribution in [3.8, 4) is 0 Å². The number of aryl methyl sites for hydroxylation is 1. The minimum atomic E-state index is -2.89. The second-order valence-electron chi connectivity index (χ2n) is 2.78. The van der Waals surface area contributed by atoms with Gasteiger partial charge in [0.15, 0.2) is 5.52 Å². The quantitative estimate of drug-likeness (QED) is 0.527. The Morgan fingerprint density at radius 2 is 1.93 bits per heavy atom. The second kappa shape index (κ2) is 2.47. The Bertz CT molecular complexity index is 760. The molecule has 0 aliphatic heterocycles. The predicted octanol–water partition coefficient (Wildman–Crippen LogP) is -1.75. The molecule has 0 saturated heterocycles. The van der Waals surface area contributed by atoms with E-state index in [0.29, 0.717) is 0 Å². The van der Waals surface area contributed by atoms with Crippen LogP contribution in [0.3, 0.4) is 0 Å². The van der Waals surface area contributed by atoms with Gasteiger partial charge >= 0.3 is 11.4 Å². The largest absolute Gasteiger partial charge is 0.332 e. The molecule has 0 bridgehead atoms. The van der Waals surface area contributed by atoms with Crippen LogP contribution in [0.1, 0.15) is 4.11 Å². The van der Waals surface area contributed by atoms with Gasteiger partial charge in [0.1, 0.15) is 5.65 Å². The van der Waals surface area contributed by atoms with E-state index in [1.165, 1.54) is 7.05 Å². The number of hydrogen-bond acceptors (Lipinski definition) is 3. The number of H-pyrrole nitrogens is 2. The third kappa shape index (κ3) is 0.889. The molecule has 0 unspecified atom stereocenters. The van der Waals surface area contributed by atoms with Crippen LogP contribution in [0, 0.1) is 0 Å². The highest BCUT2D eigenvalue weighted by Gasteiger charge is 2.10. The van der Waals surface area contributed by atoms with Gasteiger partial charge in [-0.1, -0.05) is 0 Å². The molecule has 2 N–H and O–H groups in total. The molecule has 2 rings (SSSR count). The van der Waals surface area contributed by atoms with Crippen molar-refractivity contribution in [2.45, 2.75) is 0 Å². The van der Waals surface area contributed by atoms with Crippen molar-refractivity contribution in [3.05, 3.63) is 31.3 Å². The molecule has 0 amide bonds. The Balaban J connectivity index is 3.13. The molecule has 2 aromatic heterocycles. The lowest BCUT2D eigenvalue weighted by Crippen LogP contribution is -2.36. The van der Waals surface area contributed by atoms with Gasteiger partial charge in [0, 0.05) is 18.1 Å². The minimum absolute atomic E-state index is 0.0366. The molecule has 74 valence electrons. The minimum Gasteiger partial charge on any atom is -0.300 e. The lowest BCUT2D eigenvalue weighted by atomic mass is 10.5. The van der Waals surface area contributed by atoms with E-state index in [4.69, 9.17) is 4.11 Å². The number of hydrogen-bond donors (Lipinski definition) is 2. The number of rotatable bonds is 0. The summed E-state index contributed by atoms with van der Waals surface area (Å²) in [5.74, 6) is 0. The first-order valence-electron chi connectivity index (χ1n) is 5.18. The molecule has 0 spiro atoms. The number of nitrogens with one attached hydrogen (secondary N) is 2. The van der Waals surface area contributed by atoms with E-state index >= 15 is 0 Å². The molecule has 0 radical (unpaired) electrons. The number of nitrogens with zero attached hydrogens (tertiary/aromatic N) is 2. The molecule has 0 aliphatic rings. The smallest absolute Gasteiger partial charge is 0.300 e. The summed E-state index contributed by atoms with van der Waals surface area (Å²) in [6.07, 6.45) is 0. The highest BCUT2D eigenvalue weighted by molar-refractivity contribution is 5.68. The highest BCUT2D eigenvalue weighted by Crippen LogP contribution is 1.94. The van der Waals surface area contributed by atoms with Gasteiger partial charge in [0.25, 0.3) is 5.56 Å². The summed E-state index contributed by atoms with van der Waals surface area (Å²) >= 11 is 0. The van der Waals surface area contributed by atoms with Crippen molar-refractivity contribution >= 4 is 11.2 Å². The van der Waals surface area contributed by atoms with Gasteiger partial charge in [0.05, 0.1) is 0 Å². The monoisotopic (exact) mass is 199 g/mol. The SMILES string of the molecule is [2H]C([2H])([2H])n1c(=O)c2[nH]c(=O)[nH]c2n(C)c1=O. The van der Waals surface area contributed by atoms with E-state index in [1.54, 1.807) is 0 Å². The first-order valence-corrected chi connectivity index (χ1v) is 3.68. The Morgan fingerprint density at radius 1 is 1.21 bits per heavy atom. The van der Waals surface area contributed by atoms with Crippen LogP contribution in [0.5, 0.6) is 0 Å². The summed E-state index contributed by atoms with van der Waals surface area (Å²) in [5, 5.41) is 0. The molecule has 0 fully saturated rings. The topological polar surface area (TPSA) is 92.7 Å². The van der Waals surface area contributed by atoms with Crippen molar-refractivity contribution in [1.82, 2.24) is 19.1 Å². The zero-order valence-electron chi connectivity index (χ0n) is 10.1. The predicted molar refractivity (Wildman–Crippen MR) is 49.4 cm³/mol. The summed E-state index contributed by atoms with van der Waals surface area (Å²) in [7, 11) is 1.26. The second-order valence-corrected chi connectivity index (χ2v) is 2.78. The summed E-state index contributed by atoms with van der Waals surface area (Å²) in [6.45, 7) is -2.89. The molecule has 7 nitrogen and oxygen atoms in total. The van der Waals surface area contributed by atoms with Crippen LogP contribution < -0.4 is 16.9 Å². The number of aromatic amines is 2. The van der Waals surface area contributed by atoms with Gasteiger partial charge in [-0.25, -0.2) is 9.59 Å². The van der Waals surface area contributed by atoms with E-state index in [2.05, 4.69) is 9.97 Å². The molecular formula is C7H8N4O3. The zero-order valence-corrected chi connectivity index (χ0v) is 7.12. The third-order valence-electron chi connectivity index (χ3n) is 1.94. The maximum absolute atomic E-state index is 11.8. The normalized spacial score (nSPS) is 15.1. The maximum atomic E-state index is 11.8. The molecule has 0 saturated carbocycles. The van der Waals surface area contributed by atoms with Crippen LogP contribution in [-0.2, 0) is 14.0 Å². The fraction of sp³-hybridized carbons (Fsp3) is 0.286. The standard InChI is InChI=1S/C7H8N4O3/c1-10-4-3(8-6(13)9-4)5(12)11(2)7(10)14/h1-2H3,(H2,8,9,13)/i2D3. The Labute approximate surface area is 80.8 Å². The maximum Gasteiger partial charge on any atom is 0.332 e. The Morgan fingerprint density at radius 3 is 2.57 bits per heavy atom. The zero-order chi connectivity index (χ0) is 13.0. The van der Waals surface area contributed by atoms with Gasteiger partial charge in [0.2, 0.25) is 0 Å². The Hall–Kier alpha value is -2.05. The lowest BCUT2D eigenvalue weighted by molar-refractivity contribution is 0.708. The van der Waals surface area contributed by atoms with E-state index in [-0.39, 0.29) is 15.7 Å². The van der Waals surface area contributed by atoms with Crippen LogP contribution in [0.15, 0.2) is 14.4 Å². The molecule has 14 heavy (non-hydrogen) atoms. The van der Waals surface area contributed by atoms with Crippen LogP contribution in [-0.4, -0.2) is 19.1 Å². The van der Waals surface area contributed by atoms with Crippen LogP contribution in [0.25, 0.3) is 11.2 Å². The number of imidazole rings is 1. The van der Waals surface area contributed by atoms with Crippen molar-refractivity contribution in [2.75, 3.05) is 0 Å². The van der Waals surface area contributed by atoms with Gasteiger partial charge in [-0.05, 0) is 0 Å². The molecule has 7 heteroatoms. The van der Waals surface area contributed by atoms with Crippen molar-refractivity contribution in [1.29, 1.82) is 0 Å². The van der Waals surface area contributed by atoms with Gasteiger partial charge in [-0.15, -0.1) is 0 Å². The van der Waals surface area contributed by atoms with E-state index < -0.39 is 23.9 Å². The molecule has 0 aliphatic carbocycles. The van der Waals surface area contributed by atoms with Crippen molar-refractivity contribution in [2.24, 2.45) is 14.0 Å². The van der Waals surface area contributed by atoms with E-state index in [9.17, 15) is 14.4 Å². The fourth-order valence-corrected chi connectivity index (χ4v) is 1.22. The molecule has 2 aromatic rings. The van der Waals surface area contributed by atoms with Crippen LogP contribution in [0.2, 0.25) is 0 Å². The van der Waals surface area contributed by atoms with Crippen molar-refractivity contribution < 1.29 is 4.11 Å². The summed E-state index contributed by atoms with van der Waals surface area (Å²) < 4.78 is 22.4. The molecule has 0 atom stereocenters. The molecule has 0 aromatic carbocycles. The average Bonchev–Trinajstić information content (AvgIpc) is 2.55. The van der Waals surface area contributed by atoms with Crippen molar-refractivity contribution in [3.63, 3.8) is 0 Å². The Kier molecular flexibility index (Phi) is 0.994. The first-order chi connectivity index (χ1) is 7.73. The lowest BCUT2D eigenvalue weighted by Gasteiger charge is -2.01. The summed E-state index contributed by atoms with van der Waals surface area (Å²) in [4.78, 5) is 38.9. The highest BCUT2D eigenvalue weighted by atomic mass is 16.2. The van der Waals surface area contributed by atoms with E-state index in [0.717, 1.165) is 4.57 Å². The summed E-state index contributed by atoms with van der Waals surface area (Å²) in [5.41, 5.74) is -3.03. The number of aromatic nitrogens is 4. The van der Waals surface area contributed by atoms with Crippen LogP contribution in [0.4, 0.5) is 0 Å².